The molecule has 0 aliphatic carbocycles. The van der Waals surface area contributed by atoms with E-state index in [0.29, 0.717) is 25.7 Å². The molecule has 0 aromatic carbocycles. The minimum atomic E-state index is -2.08. The van der Waals surface area contributed by atoms with Gasteiger partial charge in [-0.1, -0.05) is 12.8 Å². The van der Waals surface area contributed by atoms with E-state index in [-0.39, 0.29) is 37.6 Å². The Kier molecular flexibility index (Phi) is 12.4. The average Bonchev–Trinajstić information content (AvgIpc) is 2.11. The van der Waals surface area contributed by atoms with Gasteiger partial charge in [-0.05, 0) is 12.8 Å². The fraction of sp³-hybridized carbons (Fsp3) is 1.00. The molecule has 0 aliphatic rings. The van der Waals surface area contributed by atoms with Gasteiger partial charge < -0.3 is 16.2 Å². The molecule has 0 aromatic heterocycles. The maximum absolute atomic E-state index is 10.7. The molecule has 0 saturated heterocycles. The largest absolute Gasteiger partial charge is 1.00 e. The second kappa shape index (κ2) is 9.73. The molecule has 0 aromatic rings. The van der Waals surface area contributed by atoms with E-state index in [1.807, 2.05) is 0 Å². The first-order chi connectivity index (χ1) is 6.40. The smallest absolute Gasteiger partial charge is 1.00 e. The Bertz CT molecular complexity index is 196. The molecule has 0 amide bonds. The second-order valence-electron chi connectivity index (χ2n) is 3.07. The molecule has 3 N–H and O–H groups in total. The van der Waals surface area contributed by atoms with Gasteiger partial charge in [0, 0.05) is 0 Å². The molecule has 4 nitrogen and oxygen atoms in total. The first-order valence-corrected chi connectivity index (χ1v) is 6.25. The zero-order valence-corrected chi connectivity index (χ0v) is 13.3. The predicted molar refractivity (Wildman–Crippen MR) is 64.1 cm³/mol. The summed E-state index contributed by atoms with van der Waals surface area (Å²) < 4.78 is 18.2. The summed E-state index contributed by atoms with van der Waals surface area (Å²) in [5.74, 6) is 0. The monoisotopic (exact) mass is 284 g/mol. The van der Waals surface area contributed by atoms with Crippen LogP contribution in [0.5, 0.6) is 0 Å². The van der Waals surface area contributed by atoms with Crippen molar-refractivity contribution in [3.63, 3.8) is 0 Å². The third kappa shape index (κ3) is 9.43. The fourth-order valence-electron chi connectivity index (χ4n) is 0.914. The number of rotatable bonds is 7. The quantitative estimate of drug-likeness (QED) is 0.120. The minimum absolute atomic E-state index is 0. The van der Waals surface area contributed by atoms with Crippen LogP contribution in [0.3, 0.4) is 0 Å². The van der Waals surface area contributed by atoms with Crippen molar-refractivity contribution in [2.75, 3.05) is 6.61 Å². The summed E-state index contributed by atoms with van der Waals surface area (Å²) in [5, 5.41) is 17.5. The minimum Gasteiger partial charge on any atom is -1.00 e. The molecule has 0 spiro atoms. The van der Waals surface area contributed by atoms with Crippen LogP contribution in [0.4, 0.5) is 0 Å². The zero-order valence-electron chi connectivity index (χ0n) is 9.67. The Labute approximate surface area is 127 Å². The molecule has 0 heterocycles. The van der Waals surface area contributed by atoms with E-state index in [2.05, 4.69) is 25.3 Å². The number of unbranched alkanes of at least 4 members (excludes halogenated alkanes) is 1. The van der Waals surface area contributed by atoms with Crippen LogP contribution >= 0.6 is 25.3 Å². The normalized spacial score (nSPS) is 15.5. The van der Waals surface area contributed by atoms with Gasteiger partial charge in [0.15, 0.2) is 14.5 Å². The van der Waals surface area contributed by atoms with Crippen LogP contribution in [0.15, 0.2) is 0 Å². The third-order valence-electron chi connectivity index (χ3n) is 1.78. The number of hydrogen-bond acceptors (Lipinski definition) is 5. The number of hydrogen-bond donors (Lipinski definition) is 5. The van der Waals surface area contributed by atoms with Crippen molar-refractivity contribution in [3.8, 4) is 0 Å². The zero-order chi connectivity index (χ0) is 11.2. The third-order valence-corrected chi connectivity index (χ3v) is 3.93. The summed E-state index contributed by atoms with van der Waals surface area (Å²) >= 11 is 5.79. The molecular formula is C7H17NaO4S3. The van der Waals surface area contributed by atoms with E-state index in [4.69, 9.17) is 14.8 Å². The van der Waals surface area contributed by atoms with Crippen molar-refractivity contribution < 1.29 is 50.0 Å². The Hall–Kier alpha value is 1.73. The summed E-state index contributed by atoms with van der Waals surface area (Å²) in [6.45, 7) is -0.251. The van der Waals surface area contributed by atoms with Crippen molar-refractivity contribution in [1.29, 1.82) is 0 Å². The van der Waals surface area contributed by atoms with Crippen molar-refractivity contribution in [1.82, 2.24) is 0 Å². The number of aliphatic hydroxyl groups excluding tert-OH is 2. The Morgan fingerprint density at radius 2 is 1.93 bits per heavy atom. The molecule has 0 fully saturated rings. The van der Waals surface area contributed by atoms with Gasteiger partial charge in [-0.25, -0.2) is 4.21 Å². The van der Waals surface area contributed by atoms with Gasteiger partial charge in [0.05, 0.1) is 12.7 Å². The summed E-state index contributed by atoms with van der Waals surface area (Å²) in [4.78, 5) is 0. The van der Waals surface area contributed by atoms with E-state index in [0.717, 1.165) is 0 Å². The molecule has 8 heteroatoms. The molecular weight excluding hydrogens is 267 g/mol. The van der Waals surface area contributed by atoms with Crippen molar-refractivity contribution in [3.05, 3.63) is 0 Å². The van der Waals surface area contributed by atoms with Gasteiger partial charge in [0.2, 0.25) is 0 Å². The first-order valence-electron chi connectivity index (χ1n) is 4.25. The van der Waals surface area contributed by atoms with Crippen LogP contribution in [-0.2, 0) is 11.1 Å². The molecule has 88 valence electrons. The van der Waals surface area contributed by atoms with Crippen LogP contribution in [-0.4, -0.2) is 35.1 Å². The van der Waals surface area contributed by atoms with Crippen molar-refractivity contribution >= 4 is 36.3 Å². The van der Waals surface area contributed by atoms with Crippen LogP contribution < -0.4 is 29.6 Å². The standard InChI is InChI=1S/C7H16O4S3.Na.H/c8-5-6(9)3-1-2-4-7(12,13)14(10)11;;/h6,8-9,12-13H,1-5H2,(H,10,11);;/q;+1;-1. The predicted octanol–water partition coefficient (Wildman–Crippen LogP) is -2.25. The summed E-state index contributed by atoms with van der Waals surface area (Å²) in [7, 11) is 0. The van der Waals surface area contributed by atoms with E-state index in [1.165, 1.54) is 0 Å². The van der Waals surface area contributed by atoms with E-state index in [1.54, 1.807) is 0 Å². The summed E-state index contributed by atoms with van der Waals surface area (Å²) in [6.07, 6.45) is 1.45. The van der Waals surface area contributed by atoms with Gasteiger partial charge in [0.25, 0.3) is 0 Å². The molecule has 2 unspecified atom stereocenters. The van der Waals surface area contributed by atoms with E-state index in [9.17, 15) is 4.21 Å². The Morgan fingerprint density at radius 3 is 2.33 bits per heavy atom. The Balaban J connectivity index is -0.000000845. The van der Waals surface area contributed by atoms with Crippen LogP contribution in [0.1, 0.15) is 27.1 Å². The maximum atomic E-state index is 10.7. The molecule has 0 saturated carbocycles. The SMILES string of the molecule is O=S(O)C(S)(S)CCCCC(O)CO.[H-].[Na+]. The van der Waals surface area contributed by atoms with Gasteiger partial charge in [-0.2, -0.15) is 0 Å². The first kappa shape index (κ1) is 19.1. The maximum Gasteiger partial charge on any atom is 1.00 e. The van der Waals surface area contributed by atoms with Gasteiger partial charge in [0.1, 0.15) is 0 Å². The second-order valence-corrected chi connectivity index (χ2v) is 6.75. The van der Waals surface area contributed by atoms with Crippen molar-refractivity contribution in [2.45, 2.75) is 35.2 Å². The average molecular weight is 284 g/mol. The molecule has 0 rings (SSSR count). The molecule has 2 atom stereocenters. The van der Waals surface area contributed by atoms with E-state index < -0.39 is 20.6 Å². The number of thiol groups is 2. The number of aliphatic hydroxyl groups is 2. The van der Waals surface area contributed by atoms with Crippen LogP contribution in [0, 0.1) is 0 Å². The summed E-state index contributed by atoms with van der Waals surface area (Å²) in [6, 6.07) is 0. The topological polar surface area (TPSA) is 77.8 Å². The van der Waals surface area contributed by atoms with Gasteiger partial charge >= 0.3 is 29.6 Å². The van der Waals surface area contributed by atoms with E-state index >= 15 is 0 Å². The fourth-order valence-corrected chi connectivity index (χ4v) is 1.55. The Morgan fingerprint density at radius 1 is 1.40 bits per heavy atom. The molecule has 0 radical (unpaired) electrons. The molecule has 15 heavy (non-hydrogen) atoms. The molecule has 0 aliphatic heterocycles. The summed E-state index contributed by atoms with van der Waals surface area (Å²) in [5.41, 5.74) is 0. The van der Waals surface area contributed by atoms with Gasteiger partial charge in [-0.3, -0.25) is 0 Å². The van der Waals surface area contributed by atoms with Gasteiger partial charge in [-0.15, -0.1) is 25.3 Å². The molecule has 0 bridgehead atoms. The van der Waals surface area contributed by atoms with Crippen LogP contribution in [0.25, 0.3) is 0 Å². The van der Waals surface area contributed by atoms with Crippen LogP contribution in [0.2, 0.25) is 0 Å². The van der Waals surface area contributed by atoms with Crippen molar-refractivity contribution in [2.24, 2.45) is 0 Å².